The van der Waals surface area contributed by atoms with E-state index in [1.165, 1.54) is 19.2 Å². The molecular weight excluding hydrogens is 425 g/mol. The lowest BCUT2D eigenvalue weighted by Gasteiger charge is -2.34. The first kappa shape index (κ1) is 22.4. The molecule has 1 aliphatic rings. The van der Waals surface area contributed by atoms with Crippen molar-refractivity contribution >= 4 is 29.0 Å². The van der Waals surface area contributed by atoms with Crippen LogP contribution in [0.1, 0.15) is 30.4 Å². The molecule has 2 aromatic heterocycles. The number of hydrogen-bond donors (Lipinski definition) is 4. The lowest BCUT2D eigenvalue weighted by molar-refractivity contribution is -0.114. The van der Waals surface area contributed by atoms with E-state index in [-0.39, 0.29) is 17.5 Å². The number of aromatic amines is 1. The molecule has 1 fully saturated rings. The molecule has 0 unspecified atom stereocenters. The zero-order valence-electron chi connectivity index (χ0n) is 18.3. The normalized spacial score (nSPS) is 14.2. The number of aromatic nitrogens is 3. The van der Waals surface area contributed by atoms with Gasteiger partial charge in [0.15, 0.2) is 5.82 Å². The number of piperidine rings is 1. The predicted octanol–water partition coefficient (Wildman–Crippen LogP) is 3.00. The number of amides is 2. The highest BCUT2D eigenvalue weighted by Gasteiger charge is 2.24. The average Bonchev–Trinajstić information content (AvgIpc) is 3.30. The SMILES string of the molecule is CC(=O)Nc1cc(-c2cnc(C(=O)Nc3cccc(F)c3N3CCC(CN)CC3)[nH]2)ccn1. The molecule has 0 aliphatic carbocycles. The van der Waals surface area contributed by atoms with Gasteiger partial charge in [-0.05, 0) is 49.6 Å². The molecule has 4 rings (SSSR count). The van der Waals surface area contributed by atoms with Crippen molar-refractivity contribution in [2.24, 2.45) is 11.7 Å². The minimum absolute atomic E-state index is 0.0833. The molecule has 3 aromatic rings. The molecule has 1 aromatic carbocycles. The van der Waals surface area contributed by atoms with Crippen LogP contribution in [0.25, 0.3) is 11.3 Å². The first-order valence-corrected chi connectivity index (χ1v) is 10.8. The van der Waals surface area contributed by atoms with E-state index in [1.54, 1.807) is 30.5 Å². The minimum Gasteiger partial charge on any atom is -0.367 e. The van der Waals surface area contributed by atoms with Crippen molar-refractivity contribution in [3.05, 3.63) is 54.4 Å². The largest absolute Gasteiger partial charge is 0.367 e. The van der Waals surface area contributed by atoms with Gasteiger partial charge in [-0.15, -0.1) is 0 Å². The van der Waals surface area contributed by atoms with E-state index >= 15 is 0 Å². The summed E-state index contributed by atoms with van der Waals surface area (Å²) in [7, 11) is 0. The molecule has 5 N–H and O–H groups in total. The fourth-order valence-corrected chi connectivity index (χ4v) is 3.94. The molecule has 2 amide bonds. The molecule has 1 aliphatic heterocycles. The van der Waals surface area contributed by atoms with Crippen LogP contribution in [0.15, 0.2) is 42.7 Å². The van der Waals surface area contributed by atoms with Gasteiger partial charge in [0.2, 0.25) is 5.91 Å². The number of anilines is 3. The number of halogens is 1. The van der Waals surface area contributed by atoms with Crippen LogP contribution in [0.5, 0.6) is 0 Å². The molecule has 33 heavy (non-hydrogen) atoms. The van der Waals surface area contributed by atoms with Crippen LogP contribution in [0.2, 0.25) is 0 Å². The molecule has 10 heteroatoms. The third kappa shape index (κ3) is 5.17. The summed E-state index contributed by atoms with van der Waals surface area (Å²) in [4.78, 5) is 37.3. The summed E-state index contributed by atoms with van der Waals surface area (Å²) in [6.07, 6.45) is 4.83. The van der Waals surface area contributed by atoms with Crippen LogP contribution in [-0.2, 0) is 4.79 Å². The molecule has 0 saturated carbocycles. The van der Waals surface area contributed by atoms with Crippen molar-refractivity contribution in [1.29, 1.82) is 0 Å². The first-order valence-electron chi connectivity index (χ1n) is 10.8. The van der Waals surface area contributed by atoms with Crippen LogP contribution >= 0.6 is 0 Å². The molecule has 1 saturated heterocycles. The summed E-state index contributed by atoms with van der Waals surface area (Å²) in [5.74, 6) is -0.194. The Labute approximate surface area is 190 Å². The maximum atomic E-state index is 14.7. The highest BCUT2D eigenvalue weighted by atomic mass is 19.1. The number of pyridine rings is 1. The van der Waals surface area contributed by atoms with E-state index in [1.807, 2.05) is 4.90 Å². The highest BCUT2D eigenvalue weighted by Crippen LogP contribution is 2.32. The average molecular weight is 452 g/mol. The lowest BCUT2D eigenvalue weighted by atomic mass is 9.96. The number of nitrogens with two attached hydrogens (primary N) is 1. The Morgan fingerprint density at radius 1 is 1.21 bits per heavy atom. The predicted molar refractivity (Wildman–Crippen MR) is 124 cm³/mol. The number of rotatable bonds is 6. The molecule has 0 bridgehead atoms. The Balaban J connectivity index is 1.52. The van der Waals surface area contributed by atoms with Gasteiger partial charge in [-0.1, -0.05) is 6.07 Å². The smallest absolute Gasteiger partial charge is 0.291 e. The summed E-state index contributed by atoms with van der Waals surface area (Å²) in [5.41, 5.74) is 7.82. The summed E-state index contributed by atoms with van der Waals surface area (Å²) in [5, 5.41) is 5.40. The second-order valence-corrected chi connectivity index (χ2v) is 8.01. The Bertz CT molecular complexity index is 1160. The topological polar surface area (TPSA) is 129 Å². The third-order valence-electron chi connectivity index (χ3n) is 5.67. The number of benzene rings is 1. The number of nitrogens with zero attached hydrogens (tertiary/aromatic N) is 3. The fourth-order valence-electron chi connectivity index (χ4n) is 3.94. The van der Waals surface area contributed by atoms with Crippen LogP contribution in [0.3, 0.4) is 0 Å². The van der Waals surface area contributed by atoms with Crippen LogP contribution in [0, 0.1) is 11.7 Å². The summed E-state index contributed by atoms with van der Waals surface area (Å²) in [6, 6.07) is 8.04. The summed E-state index contributed by atoms with van der Waals surface area (Å²) < 4.78 is 14.7. The first-order chi connectivity index (χ1) is 15.9. The molecule has 172 valence electrons. The number of hydrogen-bond acceptors (Lipinski definition) is 6. The van der Waals surface area contributed by atoms with E-state index in [0.29, 0.717) is 54.0 Å². The summed E-state index contributed by atoms with van der Waals surface area (Å²) >= 11 is 0. The maximum absolute atomic E-state index is 14.7. The number of imidazole rings is 1. The van der Waals surface area contributed by atoms with Gasteiger partial charge in [0.05, 0.1) is 23.3 Å². The summed E-state index contributed by atoms with van der Waals surface area (Å²) in [6.45, 7) is 3.37. The molecule has 0 radical (unpaired) electrons. The van der Waals surface area contributed by atoms with Crippen molar-refractivity contribution in [3.8, 4) is 11.3 Å². The van der Waals surface area contributed by atoms with Crippen molar-refractivity contribution in [2.45, 2.75) is 19.8 Å². The van der Waals surface area contributed by atoms with Gasteiger partial charge < -0.3 is 26.3 Å². The van der Waals surface area contributed by atoms with E-state index in [4.69, 9.17) is 5.73 Å². The van der Waals surface area contributed by atoms with E-state index < -0.39 is 5.91 Å². The van der Waals surface area contributed by atoms with Crippen molar-refractivity contribution in [3.63, 3.8) is 0 Å². The minimum atomic E-state index is -0.485. The third-order valence-corrected chi connectivity index (χ3v) is 5.67. The second-order valence-electron chi connectivity index (χ2n) is 8.01. The van der Waals surface area contributed by atoms with Crippen LogP contribution < -0.4 is 21.3 Å². The lowest BCUT2D eigenvalue weighted by Crippen LogP contribution is -2.37. The van der Waals surface area contributed by atoms with Gasteiger partial charge in [0, 0.05) is 31.8 Å². The number of H-pyrrole nitrogens is 1. The van der Waals surface area contributed by atoms with Gasteiger partial charge in [0.25, 0.3) is 5.91 Å². The van der Waals surface area contributed by atoms with Crippen LogP contribution in [0.4, 0.5) is 21.6 Å². The quantitative estimate of drug-likeness (QED) is 0.456. The zero-order chi connectivity index (χ0) is 23.4. The Morgan fingerprint density at radius 3 is 2.73 bits per heavy atom. The van der Waals surface area contributed by atoms with Gasteiger partial charge in [0.1, 0.15) is 11.6 Å². The number of carbonyl (C=O) groups is 2. The van der Waals surface area contributed by atoms with Gasteiger partial charge >= 0.3 is 0 Å². The number of carbonyl (C=O) groups excluding carboxylic acids is 2. The molecule has 3 heterocycles. The molecule has 9 nitrogen and oxygen atoms in total. The van der Waals surface area contributed by atoms with Crippen LogP contribution in [-0.4, -0.2) is 46.4 Å². The fraction of sp³-hybridized carbons (Fsp3) is 0.304. The van der Waals surface area contributed by atoms with Crippen molar-refractivity contribution in [2.75, 3.05) is 35.2 Å². The molecule has 0 atom stereocenters. The molecular formula is C23H26FN7O2. The molecule has 0 spiro atoms. The van der Waals surface area contributed by atoms with Gasteiger partial charge in [-0.2, -0.15) is 0 Å². The number of para-hydroxylation sites is 1. The van der Waals surface area contributed by atoms with E-state index in [9.17, 15) is 14.0 Å². The highest BCUT2D eigenvalue weighted by molar-refractivity contribution is 6.04. The van der Waals surface area contributed by atoms with Gasteiger partial charge in [-0.25, -0.2) is 14.4 Å². The van der Waals surface area contributed by atoms with Crippen molar-refractivity contribution < 1.29 is 14.0 Å². The van der Waals surface area contributed by atoms with E-state index in [2.05, 4.69) is 25.6 Å². The maximum Gasteiger partial charge on any atom is 0.291 e. The van der Waals surface area contributed by atoms with Gasteiger partial charge in [-0.3, -0.25) is 9.59 Å². The Hall–Kier alpha value is -3.79. The second kappa shape index (κ2) is 9.78. The monoisotopic (exact) mass is 451 g/mol. The van der Waals surface area contributed by atoms with Crippen molar-refractivity contribution in [1.82, 2.24) is 15.0 Å². The number of nitrogens with one attached hydrogen (secondary N) is 3. The standard InChI is InChI=1S/C23H26FN7O2/c1-14(32)28-20-11-16(5-8-26-20)19-13-27-22(29-19)23(33)30-18-4-2-3-17(24)21(18)31-9-6-15(12-25)7-10-31/h2-5,8,11,13,15H,6-7,9-10,12,25H2,1H3,(H,27,29)(H,30,33)(H,26,28,32). The Morgan fingerprint density at radius 2 is 2.00 bits per heavy atom. The Kier molecular flexibility index (Phi) is 6.64. The van der Waals surface area contributed by atoms with E-state index in [0.717, 1.165) is 12.8 Å². The zero-order valence-corrected chi connectivity index (χ0v) is 18.3.